The molecule has 0 fully saturated rings. The molecule has 0 amide bonds. The molecule has 0 radical (unpaired) electrons. The minimum absolute atomic E-state index is 0.349. The van der Waals surface area contributed by atoms with Crippen molar-refractivity contribution in [2.45, 2.75) is 19.4 Å². The van der Waals surface area contributed by atoms with Crippen LogP contribution in [0.5, 0.6) is 0 Å². The van der Waals surface area contributed by atoms with Crippen molar-refractivity contribution in [2.24, 2.45) is 0 Å². The zero-order valence-electron chi connectivity index (χ0n) is 9.07. The van der Waals surface area contributed by atoms with Crippen molar-refractivity contribution in [1.82, 2.24) is 5.32 Å². The summed E-state index contributed by atoms with van der Waals surface area (Å²) >= 11 is 5.27. The first-order valence-corrected chi connectivity index (χ1v) is 6.86. The molecule has 1 unspecified atom stereocenters. The van der Waals surface area contributed by atoms with Crippen LogP contribution in [-0.2, 0) is 6.42 Å². The van der Waals surface area contributed by atoms with Gasteiger partial charge in [0.1, 0.15) is 0 Å². The van der Waals surface area contributed by atoms with Gasteiger partial charge >= 0.3 is 0 Å². The molecular formula is C12H14BrNOS. The van der Waals surface area contributed by atoms with E-state index in [1.54, 1.807) is 23.9 Å². The molecule has 16 heavy (non-hydrogen) atoms. The van der Waals surface area contributed by atoms with E-state index in [4.69, 9.17) is 4.42 Å². The number of hydrogen-bond acceptors (Lipinski definition) is 3. The van der Waals surface area contributed by atoms with Gasteiger partial charge in [0.25, 0.3) is 0 Å². The van der Waals surface area contributed by atoms with Crippen LogP contribution in [0.25, 0.3) is 0 Å². The molecule has 2 aromatic rings. The van der Waals surface area contributed by atoms with Crippen molar-refractivity contribution in [3.63, 3.8) is 0 Å². The minimum Gasteiger partial charge on any atom is -0.472 e. The van der Waals surface area contributed by atoms with Crippen LogP contribution in [0.3, 0.4) is 0 Å². The second-order valence-electron chi connectivity index (χ2n) is 3.69. The molecule has 1 N–H and O–H groups in total. The largest absolute Gasteiger partial charge is 0.472 e. The molecule has 0 aromatic carbocycles. The van der Waals surface area contributed by atoms with E-state index in [2.05, 4.69) is 40.3 Å². The summed E-state index contributed by atoms with van der Waals surface area (Å²) in [6.07, 6.45) is 4.57. The van der Waals surface area contributed by atoms with E-state index in [9.17, 15) is 0 Å². The number of furan rings is 1. The van der Waals surface area contributed by atoms with Gasteiger partial charge in [-0.1, -0.05) is 0 Å². The molecule has 2 nitrogen and oxygen atoms in total. The van der Waals surface area contributed by atoms with E-state index in [-0.39, 0.29) is 0 Å². The van der Waals surface area contributed by atoms with Gasteiger partial charge in [-0.15, -0.1) is 11.3 Å². The van der Waals surface area contributed by atoms with Crippen LogP contribution in [-0.4, -0.2) is 6.54 Å². The predicted octanol–water partition coefficient (Wildman–Crippen LogP) is 4.00. The molecule has 1 atom stereocenters. The van der Waals surface area contributed by atoms with Crippen LogP contribution in [0.15, 0.2) is 38.9 Å². The molecule has 2 aromatic heterocycles. The molecule has 2 heterocycles. The van der Waals surface area contributed by atoms with Gasteiger partial charge < -0.3 is 9.73 Å². The Morgan fingerprint density at radius 2 is 2.31 bits per heavy atom. The molecule has 0 aliphatic rings. The summed E-state index contributed by atoms with van der Waals surface area (Å²) in [5.41, 5.74) is 1.20. The molecule has 0 saturated carbocycles. The lowest BCUT2D eigenvalue weighted by Crippen LogP contribution is -2.20. The van der Waals surface area contributed by atoms with Crippen molar-refractivity contribution in [3.05, 3.63) is 45.0 Å². The maximum absolute atomic E-state index is 5.06. The van der Waals surface area contributed by atoms with Gasteiger partial charge in [0.2, 0.25) is 0 Å². The maximum Gasteiger partial charge on any atom is 0.0950 e. The highest BCUT2D eigenvalue weighted by Crippen LogP contribution is 2.22. The Morgan fingerprint density at radius 3 is 2.94 bits per heavy atom. The zero-order valence-corrected chi connectivity index (χ0v) is 11.5. The summed E-state index contributed by atoms with van der Waals surface area (Å²) in [5.74, 6) is 0. The Bertz CT molecular complexity index is 424. The second kappa shape index (κ2) is 5.66. The summed E-state index contributed by atoms with van der Waals surface area (Å²) in [4.78, 5) is 1.40. The number of thiophene rings is 1. The van der Waals surface area contributed by atoms with Crippen molar-refractivity contribution < 1.29 is 4.42 Å². The van der Waals surface area contributed by atoms with E-state index in [0.29, 0.717) is 6.04 Å². The fourth-order valence-corrected chi connectivity index (χ4v) is 3.02. The topological polar surface area (TPSA) is 25.2 Å². The van der Waals surface area contributed by atoms with E-state index in [1.807, 2.05) is 6.07 Å². The third-order valence-corrected chi connectivity index (χ3v) is 4.18. The highest BCUT2D eigenvalue weighted by atomic mass is 79.9. The van der Waals surface area contributed by atoms with Gasteiger partial charge in [0.15, 0.2) is 0 Å². The SMILES string of the molecule is CC(NCCc1ccc(Br)s1)c1ccoc1. The van der Waals surface area contributed by atoms with Gasteiger partial charge in [-0.2, -0.15) is 0 Å². The molecule has 0 saturated heterocycles. The minimum atomic E-state index is 0.349. The van der Waals surface area contributed by atoms with Crippen molar-refractivity contribution in [2.75, 3.05) is 6.54 Å². The Hall–Kier alpha value is -0.580. The normalized spacial score (nSPS) is 12.9. The fourth-order valence-electron chi connectivity index (χ4n) is 1.54. The lowest BCUT2D eigenvalue weighted by atomic mass is 10.2. The third kappa shape index (κ3) is 3.20. The summed E-state index contributed by atoms with van der Waals surface area (Å²) in [6, 6.07) is 6.61. The monoisotopic (exact) mass is 299 g/mol. The Morgan fingerprint density at radius 1 is 1.44 bits per heavy atom. The summed E-state index contributed by atoms with van der Waals surface area (Å²) in [7, 11) is 0. The van der Waals surface area contributed by atoms with E-state index >= 15 is 0 Å². The van der Waals surface area contributed by atoms with E-state index < -0.39 is 0 Å². The van der Waals surface area contributed by atoms with Crippen LogP contribution >= 0.6 is 27.3 Å². The van der Waals surface area contributed by atoms with E-state index in [0.717, 1.165) is 13.0 Å². The number of halogens is 1. The number of nitrogens with one attached hydrogen (secondary N) is 1. The average molecular weight is 300 g/mol. The molecule has 0 bridgehead atoms. The fraction of sp³-hybridized carbons (Fsp3) is 0.333. The van der Waals surface area contributed by atoms with Crippen LogP contribution in [0.4, 0.5) is 0 Å². The summed E-state index contributed by atoms with van der Waals surface area (Å²) in [5, 5.41) is 3.47. The molecule has 4 heteroatoms. The second-order valence-corrected chi connectivity index (χ2v) is 6.24. The molecule has 0 aliphatic carbocycles. The van der Waals surface area contributed by atoms with Crippen molar-refractivity contribution in [1.29, 1.82) is 0 Å². The van der Waals surface area contributed by atoms with Gasteiger partial charge in [-0.25, -0.2) is 0 Å². The predicted molar refractivity (Wildman–Crippen MR) is 70.8 cm³/mol. The standard InChI is InChI=1S/C12H14BrNOS/c1-9(10-5-7-15-8-10)14-6-4-11-2-3-12(13)16-11/h2-3,5,7-9,14H,4,6H2,1H3. The molecule has 0 aliphatic heterocycles. The van der Waals surface area contributed by atoms with Gasteiger partial charge in [0.05, 0.1) is 16.3 Å². The summed E-state index contributed by atoms with van der Waals surface area (Å²) < 4.78 is 6.26. The van der Waals surface area contributed by atoms with Gasteiger partial charge in [-0.3, -0.25) is 0 Å². The van der Waals surface area contributed by atoms with Crippen LogP contribution in [0.1, 0.15) is 23.4 Å². The summed E-state index contributed by atoms with van der Waals surface area (Å²) in [6.45, 7) is 3.13. The van der Waals surface area contributed by atoms with Gasteiger partial charge in [0, 0.05) is 23.0 Å². The smallest absolute Gasteiger partial charge is 0.0950 e. The van der Waals surface area contributed by atoms with Crippen molar-refractivity contribution >= 4 is 27.3 Å². The molecule has 2 rings (SSSR count). The van der Waals surface area contributed by atoms with Gasteiger partial charge in [-0.05, 0) is 47.5 Å². The first-order chi connectivity index (χ1) is 7.75. The Kier molecular flexibility index (Phi) is 4.21. The Balaban J connectivity index is 1.76. The molecule has 0 spiro atoms. The number of rotatable bonds is 5. The third-order valence-electron chi connectivity index (χ3n) is 2.49. The molecular weight excluding hydrogens is 286 g/mol. The average Bonchev–Trinajstić information content (AvgIpc) is 2.89. The first kappa shape index (κ1) is 11.9. The van der Waals surface area contributed by atoms with Crippen LogP contribution in [0, 0.1) is 0 Å². The highest BCUT2D eigenvalue weighted by Gasteiger charge is 2.05. The lowest BCUT2D eigenvalue weighted by molar-refractivity contribution is 0.540. The highest BCUT2D eigenvalue weighted by molar-refractivity contribution is 9.11. The number of hydrogen-bond donors (Lipinski definition) is 1. The Labute approximate surface area is 108 Å². The maximum atomic E-state index is 5.06. The quantitative estimate of drug-likeness (QED) is 0.903. The van der Waals surface area contributed by atoms with Crippen LogP contribution in [0.2, 0.25) is 0 Å². The lowest BCUT2D eigenvalue weighted by Gasteiger charge is -2.10. The first-order valence-electron chi connectivity index (χ1n) is 5.25. The van der Waals surface area contributed by atoms with Crippen LogP contribution < -0.4 is 5.32 Å². The zero-order chi connectivity index (χ0) is 11.4. The van der Waals surface area contributed by atoms with E-state index in [1.165, 1.54) is 14.2 Å². The van der Waals surface area contributed by atoms with Crippen molar-refractivity contribution in [3.8, 4) is 0 Å². The molecule has 86 valence electrons.